The maximum absolute atomic E-state index is 13.1. The lowest BCUT2D eigenvalue weighted by Gasteiger charge is -2.34. The average Bonchev–Trinajstić information content (AvgIpc) is 3.00. The third kappa shape index (κ3) is 4.69. The molecule has 148 valence electrons. The Morgan fingerprint density at radius 2 is 1.74 bits per heavy atom. The number of benzene rings is 1. The highest BCUT2D eigenvalue weighted by Gasteiger charge is 2.36. The minimum Gasteiger partial charge on any atom is -0.342 e. The van der Waals surface area contributed by atoms with Crippen molar-refractivity contribution in [2.75, 3.05) is 13.1 Å². The number of Topliss-reactive ketones (excluding diaryl/α,β-unsaturated/α-hetero) is 1. The van der Waals surface area contributed by atoms with Crippen LogP contribution in [0, 0.1) is 17.7 Å². The Morgan fingerprint density at radius 3 is 2.41 bits per heavy atom. The first-order valence-corrected chi connectivity index (χ1v) is 9.92. The predicted molar refractivity (Wildman–Crippen MR) is 105 cm³/mol. The maximum Gasteiger partial charge on any atom is 0.222 e. The van der Waals surface area contributed by atoms with Crippen LogP contribution in [0.15, 0.2) is 24.3 Å². The van der Waals surface area contributed by atoms with Crippen molar-refractivity contribution in [1.82, 2.24) is 10.2 Å². The minimum atomic E-state index is -0.335. The third-order valence-corrected chi connectivity index (χ3v) is 6.31. The summed E-state index contributed by atoms with van der Waals surface area (Å²) in [5, 5.41) is 3.62. The van der Waals surface area contributed by atoms with Crippen molar-refractivity contribution >= 4 is 24.1 Å². The molecule has 4 nitrogen and oxygen atoms in total. The molecule has 3 atom stereocenters. The number of ketones is 1. The second-order valence-corrected chi connectivity index (χ2v) is 8.23. The summed E-state index contributed by atoms with van der Waals surface area (Å²) in [5.74, 6) is 0.213. The van der Waals surface area contributed by atoms with Gasteiger partial charge in [-0.25, -0.2) is 4.39 Å². The SMILES string of the molecule is Cl.O=C(c1ccc(F)cc1)C1CCCN(C(=O)CC2CC3CCC(C2)N3)C1. The van der Waals surface area contributed by atoms with Crippen LogP contribution in [-0.2, 0) is 4.79 Å². The van der Waals surface area contributed by atoms with Crippen LogP contribution in [-0.4, -0.2) is 41.8 Å². The Balaban J connectivity index is 0.00000210. The zero-order chi connectivity index (χ0) is 18.1. The molecule has 1 N–H and O–H groups in total. The largest absolute Gasteiger partial charge is 0.342 e. The molecule has 6 heteroatoms. The molecule has 2 bridgehead atoms. The van der Waals surface area contributed by atoms with Crippen molar-refractivity contribution in [2.45, 2.75) is 57.0 Å². The molecule has 3 saturated heterocycles. The molecular formula is C21H28ClFN2O2. The van der Waals surface area contributed by atoms with Gasteiger partial charge >= 0.3 is 0 Å². The summed E-state index contributed by atoms with van der Waals surface area (Å²) in [5.41, 5.74) is 0.542. The first-order chi connectivity index (χ1) is 12.6. The number of hydrogen-bond acceptors (Lipinski definition) is 3. The highest BCUT2D eigenvalue weighted by atomic mass is 35.5. The number of hydrogen-bond donors (Lipinski definition) is 1. The van der Waals surface area contributed by atoms with Gasteiger partial charge in [-0.15, -0.1) is 12.4 Å². The van der Waals surface area contributed by atoms with Gasteiger partial charge in [0.05, 0.1) is 0 Å². The second kappa shape index (κ2) is 8.70. The number of halogens is 2. The molecule has 4 rings (SSSR count). The van der Waals surface area contributed by atoms with Crippen molar-refractivity contribution in [3.05, 3.63) is 35.6 Å². The molecular weight excluding hydrogens is 367 g/mol. The van der Waals surface area contributed by atoms with E-state index in [4.69, 9.17) is 0 Å². The van der Waals surface area contributed by atoms with Gasteiger partial charge in [0.1, 0.15) is 5.82 Å². The van der Waals surface area contributed by atoms with Crippen LogP contribution in [0.3, 0.4) is 0 Å². The van der Waals surface area contributed by atoms with Gasteiger partial charge in [0, 0.05) is 43.1 Å². The minimum absolute atomic E-state index is 0. The topological polar surface area (TPSA) is 49.4 Å². The van der Waals surface area contributed by atoms with E-state index in [0.717, 1.165) is 32.2 Å². The van der Waals surface area contributed by atoms with Crippen LogP contribution in [0.5, 0.6) is 0 Å². The Hall–Kier alpha value is -1.46. The van der Waals surface area contributed by atoms with Crippen molar-refractivity contribution in [3.63, 3.8) is 0 Å². The van der Waals surface area contributed by atoms with Crippen LogP contribution in [0.2, 0.25) is 0 Å². The van der Waals surface area contributed by atoms with E-state index in [2.05, 4.69) is 5.32 Å². The summed E-state index contributed by atoms with van der Waals surface area (Å²) in [7, 11) is 0. The van der Waals surface area contributed by atoms with E-state index in [0.29, 0.717) is 36.5 Å². The molecule has 0 spiro atoms. The number of amides is 1. The highest BCUT2D eigenvalue weighted by Crippen LogP contribution is 2.33. The van der Waals surface area contributed by atoms with Gasteiger partial charge in [-0.05, 0) is 68.7 Å². The number of piperidine rings is 2. The summed E-state index contributed by atoms with van der Waals surface area (Å²) in [6, 6.07) is 6.93. The van der Waals surface area contributed by atoms with Crippen molar-refractivity contribution < 1.29 is 14.0 Å². The lowest BCUT2D eigenvalue weighted by Crippen LogP contribution is -2.44. The standard InChI is InChI=1S/C21H27FN2O2.ClH/c22-17-5-3-15(4-6-17)21(26)16-2-1-9-24(13-16)20(25)12-14-10-18-7-8-19(11-14)23-18;/h3-6,14,16,18-19,23H,1-2,7-13H2;1H. The van der Waals surface area contributed by atoms with E-state index in [-0.39, 0.29) is 35.8 Å². The van der Waals surface area contributed by atoms with Crippen molar-refractivity contribution in [3.8, 4) is 0 Å². The summed E-state index contributed by atoms with van der Waals surface area (Å²) >= 11 is 0. The number of rotatable bonds is 4. The smallest absolute Gasteiger partial charge is 0.222 e. The lowest BCUT2D eigenvalue weighted by atomic mass is 9.87. The van der Waals surface area contributed by atoms with Gasteiger partial charge < -0.3 is 10.2 Å². The van der Waals surface area contributed by atoms with Gasteiger partial charge in [0.2, 0.25) is 5.91 Å². The zero-order valence-electron chi connectivity index (χ0n) is 15.5. The molecule has 3 aliphatic rings. The van der Waals surface area contributed by atoms with Crippen LogP contribution in [0.4, 0.5) is 4.39 Å². The molecule has 0 aromatic heterocycles. The Morgan fingerprint density at radius 1 is 1.07 bits per heavy atom. The molecule has 3 heterocycles. The summed E-state index contributed by atoms with van der Waals surface area (Å²) < 4.78 is 13.1. The van der Waals surface area contributed by atoms with Gasteiger partial charge in [-0.2, -0.15) is 0 Å². The van der Waals surface area contributed by atoms with Gasteiger partial charge in [-0.1, -0.05) is 0 Å². The third-order valence-electron chi connectivity index (χ3n) is 6.31. The number of likely N-dealkylation sites (tertiary alicyclic amines) is 1. The number of carbonyl (C=O) groups excluding carboxylic acids is 2. The molecule has 1 aromatic rings. The quantitative estimate of drug-likeness (QED) is 0.794. The number of nitrogens with zero attached hydrogens (tertiary/aromatic N) is 1. The molecule has 3 aliphatic heterocycles. The molecule has 0 saturated carbocycles. The van der Waals surface area contributed by atoms with E-state index in [1.807, 2.05) is 4.90 Å². The highest BCUT2D eigenvalue weighted by molar-refractivity contribution is 5.98. The van der Waals surface area contributed by atoms with Crippen molar-refractivity contribution in [2.24, 2.45) is 11.8 Å². The molecule has 1 aromatic carbocycles. The number of nitrogens with one attached hydrogen (secondary N) is 1. The molecule has 27 heavy (non-hydrogen) atoms. The number of carbonyl (C=O) groups is 2. The number of fused-ring (bicyclic) bond motifs is 2. The first-order valence-electron chi connectivity index (χ1n) is 9.92. The van der Waals surface area contributed by atoms with Gasteiger partial charge in [0.25, 0.3) is 0 Å². The van der Waals surface area contributed by atoms with Gasteiger partial charge in [-0.3, -0.25) is 9.59 Å². The molecule has 3 unspecified atom stereocenters. The second-order valence-electron chi connectivity index (χ2n) is 8.23. The van der Waals surface area contributed by atoms with Crippen LogP contribution in [0.25, 0.3) is 0 Å². The molecule has 0 aliphatic carbocycles. The van der Waals surface area contributed by atoms with Crippen molar-refractivity contribution in [1.29, 1.82) is 0 Å². The predicted octanol–water partition coefficient (Wildman–Crippen LogP) is 3.59. The van der Waals surface area contributed by atoms with E-state index in [1.54, 1.807) is 12.1 Å². The molecule has 1 amide bonds. The Labute approximate surface area is 166 Å². The fourth-order valence-electron chi connectivity index (χ4n) is 4.99. The van der Waals surface area contributed by atoms with Gasteiger partial charge in [0.15, 0.2) is 5.78 Å². The van der Waals surface area contributed by atoms with E-state index in [9.17, 15) is 14.0 Å². The summed E-state index contributed by atoms with van der Waals surface area (Å²) in [6.45, 7) is 1.26. The molecule has 0 radical (unpaired) electrons. The lowest BCUT2D eigenvalue weighted by molar-refractivity contribution is -0.133. The zero-order valence-corrected chi connectivity index (χ0v) is 16.3. The normalized spacial score (nSPS) is 29.9. The monoisotopic (exact) mass is 394 g/mol. The van der Waals surface area contributed by atoms with E-state index >= 15 is 0 Å². The fourth-order valence-corrected chi connectivity index (χ4v) is 4.99. The fraction of sp³-hybridized carbons (Fsp3) is 0.619. The van der Waals surface area contributed by atoms with E-state index in [1.165, 1.54) is 25.0 Å². The van der Waals surface area contributed by atoms with Crippen LogP contribution < -0.4 is 5.32 Å². The summed E-state index contributed by atoms with van der Waals surface area (Å²) in [4.78, 5) is 27.4. The van der Waals surface area contributed by atoms with Crippen LogP contribution in [0.1, 0.15) is 55.3 Å². The van der Waals surface area contributed by atoms with Crippen LogP contribution >= 0.6 is 12.4 Å². The Bertz CT molecular complexity index is 669. The molecule has 3 fully saturated rings. The van der Waals surface area contributed by atoms with E-state index < -0.39 is 0 Å². The maximum atomic E-state index is 13.1. The summed E-state index contributed by atoms with van der Waals surface area (Å²) in [6.07, 6.45) is 6.98. The first kappa shape index (κ1) is 20.3. The Kier molecular flexibility index (Phi) is 6.53. The average molecular weight is 395 g/mol.